The lowest BCUT2D eigenvalue weighted by atomic mass is 10.1. The number of aromatic carboxylic acids is 1. The molecule has 2 aromatic rings. The van der Waals surface area contributed by atoms with E-state index in [4.69, 9.17) is 5.11 Å². The first-order chi connectivity index (χ1) is 9.74. The summed E-state index contributed by atoms with van der Waals surface area (Å²) >= 11 is 0. The highest BCUT2D eigenvalue weighted by Crippen LogP contribution is 2.28. The molecule has 1 aliphatic rings. The van der Waals surface area contributed by atoms with Crippen LogP contribution < -0.4 is 4.90 Å². The average molecular weight is 268 g/mol. The largest absolute Gasteiger partial charge is 0.478 e. The van der Waals surface area contributed by atoms with Gasteiger partial charge in [0.2, 0.25) is 0 Å². The van der Waals surface area contributed by atoms with Crippen molar-refractivity contribution in [3.05, 3.63) is 59.4 Å². The standard InChI is InChI=1S/C16H16N2O2/c19-16(20)14-3-4-15-13(10-14)6-9-18(15)8-5-12-2-1-7-17-11-12/h1-4,7,10-11H,5-6,8-9H2,(H,19,20). The molecule has 1 aromatic carbocycles. The fraction of sp³-hybridized carbons (Fsp3) is 0.250. The van der Waals surface area contributed by atoms with E-state index >= 15 is 0 Å². The summed E-state index contributed by atoms with van der Waals surface area (Å²) in [5.41, 5.74) is 3.90. The molecule has 0 bridgehead atoms. The molecule has 1 N–H and O–H groups in total. The summed E-state index contributed by atoms with van der Waals surface area (Å²) in [6.45, 7) is 1.89. The Morgan fingerprint density at radius 1 is 1.35 bits per heavy atom. The number of nitrogens with zero attached hydrogens (tertiary/aromatic N) is 2. The molecule has 4 nitrogen and oxygen atoms in total. The minimum Gasteiger partial charge on any atom is -0.478 e. The van der Waals surface area contributed by atoms with Gasteiger partial charge in [-0.3, -0.25) is 4.98 Å². The maximum atomic E-state index is 11.0. The van der Waals surface area contributed by atoms with Crippen LogP contribution in [0, 0.1) is 0 Å². The van der Waals surface area contributed by atoms with Crippen molar-refractivity contribution in [1.29, 1.82) is 0 Å². The van der Waals surface area contributed by atoms with Gasteiger partial charge in [-0.1, -0.05) is 6.07 Å². The van der Waals surface area contributed by atoms with E-state index in [-0.39, 0.29) is 0 Å². The van der Waals surface area contributed by atoms with Crippen LogP contribution in [0.4, 0.5) is 5.69 Å². The molecular formula is C16H16N2O2. The van der Waals surface area contributed by atoms with Gasteiger partial charge in [0.25, 0.3) is 0 Å². The number of fused-ring (bicyclic) bond motifs is 1. The zero-order valence-corrected chi connectivity index (χ0v) is 11.1. The van der Waals surface area contributed by atoms with E-state index in [1.165, 1.54) is 11.3 Å². The highest BCUT2D eigenvalue weighted by atomic mass is 16.4. The third-order valence-electron chi connectivity index (χ3n) is 3.71. The molecule has 0 aliphatic carbocycles. The molecule has 1 aliphatic heterocycles. The smallest absolute Gasteiger partial charge is 0.335 e. The Kier molecular flexibility index (Phi) is 3.37. The van der Waals surface area contributed by atoms with Crippen molar-refractivity contribution in [3.8, 4) is 0 Å². The first-order valence-electron chi connectivity index (χ1n) is 6.74. The quantitative estimate of drug-likeness (QED) is 0.925. The second-order valence-corrected chi connectivity index (χ2v) is 5.00. The van der Waals surface area contributed by atoms with Gasteiger partial charge in [0.1, 0.15) is 0 Å². The number of carbonyl (C=O) groups is 1. The Labute approximate surface area is 117 Å². The number of hydrogen-bond acceptors (Lipinski definition) is 3. The van der Waals surface area contributed by atoms with Crippen LogP contribution in [0.5, 0.6) is 0 Å². The Morgan fingerprint density at radius 2 is 2.25 bits per heavy atom. The molecule has 0 amide bonds. The Bertz CT molecular complexity index is 626. The van der Waals surface area contributed by atoms with E-state index in [0.717, 1.165) is 31.5 Å². The van der Waals surface area contributed by atoms with Gasteiger partial charge in [0, 0.05) is 31.2 Å². The number of carboxylic acid groups (broad SMARTS) is 1. The zero-order chi connectivity index (χ0) is 13.9. The van der Waals surface area contributed by atoms with E-state index in [1.807, 2.05) is 18.3 Å². The van der Waals surface area contributed by atoms with Gasteiger partial charge in [-0.25, -0.2) is 4.79 Å². The van der Waals surface area contributed by atoms with Gasteiger partial charge < -0.3 is 10.0 Å². The van der Waals surface area contributed by atoms with Crippen molar-refractivity contribution in [2.75, 3.05) is 18.0 Å². The monoisotopic (exact) mass is 268 g/mol. The zero-order valence-electron chi connectivity index (χ0n) is 11.1. The van der Waals surface area contributed by atoms with E-state index < -0.39 is 5.97 Å². The van der Waals surface area contributed by atoms with E-state index in [9.17, 15) is 4.79 Å². The fourth-order valence-electron chi connectivity index (χ4n) is 2.65. The van der Waals surface area contributed by atoms with Crippen LogP contribution in [-0.4, -0.2) is 29.1 Å². The number of aromatic nitrogens is 1. The summed E-state index contributed by atoms with van der Waals surface area (Å²) in [5, 5.41) is 9.01. The highest BCUT2D eigenvalue weighted by Gasteiger charge is 2.20. The van der Waals surface area contributed by atoms with Crippen molar-refractivity contribution < 1.29 is 9.90 Å². The van der Waals surface area contributed by atoms with Crippen LogP contribution in [-0.2, 0) is 12.8 Å². The van der Waals surface area contributed by atoms with Gasteiger partial charge in [0.05, 0.1) is 5.56 Å². The van der Waals surface area contributed by atoms with E-state index in [1.54, 1.807) is 18.3 Å². The number of benzene rings is 1. The highest BCUT2D eigenvalue weighted by molar-refractivity contribution is 5.88. The van der Waals surface area contributed by atoms with Crippen molar-refractivity contribution in [3.63, 3.8) is 0 Å². The summed E-state index contributed by atoms with van der Waals surface area (Å²) in [7, 11) is 0. The Hall–Kier alpha value is -2.36. The molecule has 2 heterocycles. The lowest BCUT2D eigenvalue weighted by Gasteiger charge is -2.19. The predicted octanol–water partition coefficient (Wildman–Crippen LogP) is 2.39. The lowest BCUT2D eigenvalue weighted by Crippen LogP contribution is -2.23. The number of hydrogen-bond donors (Lipinski definition) is 1. The Morgan fingerprint density at radius 3 is 3.00 bits per heavy atom. The number of carboxylic acids is 1. The maximum Gasteiger partial charge on any atom is 0.335 e. The molecule has 1 aromatic heterocycles. The lowest BCUT2D eigenvalue weighted by molar-refractivity contribution is 0.0697. The molecule has 0 radical (unpaired) electrons. The molecule has 102 valence electrons. The SMILES string of the molecule is O=C(O)c1ccc2c(c1)CCN2CCc1cccnc1. The first-order valence-corrected chi connectivity index (χ1v) is 6.74. The molecule has 3 rings (SSSR count). The topological polar surface area (TPSA) is 53.4 Å². The van der Waals surface area contributed by atoms with Crippen LogP contribution >= 0.6 is 0 Å². The van der Waals surface area contributed by atoms with Crippen LogP contribution in [0.1, 0.15) is 21.5 Å². The molecular weight excluding hydrogens is 252 g/mol. The molecule has 4 heteroatoms. The Balaban J connectivity index is 1.72. The van der Waals surface area contributed by atoms with Gasteiger partial charge >= 0.3 is 5.97 Å². The summed E-state index contributed by atoms with van der Waals surface area (Å²) < 4.78 is 0. The van der Waals surface area contributed by atoms with Crippen LogP contribution in [0.25, 0.3) is 0 Å². The molecule has 20 heavy (non-hydrogen) atoms. The number of pyridine rings is 1. The summed E-state index contributed by atoms with van der Waals surface area (Å²) in [6.07, 6.45) is 5.55. The summed E-state index contributed by atoms with van der Waals surface area (Å²) in [6, 6.07) is 9.43. The number of anilines is 1. The summed E-state index contributed by atoms with van der Waals surface area (Å²) in [5.74, 6) is -0.860. The van der Waals surface area contributed by atoms with Gasteiger partial charge in [0.15, 0.2) is 0 Å². The minimum absolute atomic E-state index is 0.373. The van der Waals surface area contributed by atoms with Gasteiger partial charge in [-0.15, -0.1) is 0 Å². The average Bonchev–Trinajstić information content (AvgIpc) is 2.88. The summed E-state index contributed by atoms with van der Waals surface area (Å²) in [4.78, 5) is 17.4. The normalized spacial score (nSPS) is 13.3. The van der Waals surface area contributed by atoms with Crippen LogP contribution in [0.3, 0.4) is 0 Å². The molecule has 0 spiro atoms. The van der Waals surface area contributed by atoms with Gasteiger partial charge in [-0.05, 0) is 48.2 Å². The van der Waals surface area contributed by atoms with Gasteiger partial charge in [-0.2, -0.15) is 0 Å². The molecule has 0 fully saturated rings. The maximum absolute atomic E-state index is 11.0. The predicted molar refractivity (Wildman–Crippen MR) is 77.3 cm³/mol. The first kappa shape index (κ1) is 12.7. The van der Waals surface area contributed by atoms with Crippen molar-refractivity contribution >= 4 is 11.7 Å². The number of rotatable bonds is 4. The second kappa shape index (κ2) is 5.33. The van der Waals surface area contributed by atoms with Crippen molar-refractivity contribution in [2.45, 2.75) is 12.8 Å². The van der Waals surface area contributed by atoms with E-state index in [2.05, 4.69) is 16.0 Å². The van der Waals surface area contributed by atoms with Crippen molar-refractivity contribution in [1.82, 2.24) is 4.98 Å². The molecule has 0 saturated carbocycles. The fourth-order valence-corrected chi connectivity index (χ4v) is 2.65. The second-order valence-electron chi connectivity index (χ2n) is 5.00. The minimum atomic E-state index is -0.860. The third kappa shape index (κ3) is 2.50. The molecule has 0 unspecified atom stereocenters. The third-order valence-corrected chi connectivity index (χ3v) is 3.71. The van der Waals surface area contributed by atoms with Crippen molar-refractivity contribution in [2.24, 2.45) is 0 Å². The molecule has 0 saturated heterocycles. The van der Waals surface area contributed by atoms with Crippen LogP contribution in [0.15, 0.2) is 42.7 Å². The van der Waals surface area contributed by atoms with Crippen LogP contribution in [0.2, 0.25) is 0 Å². The van der Waals surface area contributed by atoms with E-state index in [0.29, 0.717) is 5.56 Å². The molecule has 0 atom stereocenters.